The first-order chi connectivity index (χ1) is 13.0. The van der Waals surface area contributed by atoms with Crippen LogP contribution in [-0.4, -0.2) is 94.9 Å². The van der Waals surface area contributed by atoms with Crippen molar-refractivity contribution in [2.45, 2.75) is 6.92 Å². The maximum atomic E-state index is 12.3. The van der Waals surface area contributed by atoms with E-state index in [1.165, 1.54) is 9.80 Å². The third kappa shape index (κ3) is 7.39. The molecule has 0 aliphatic heterocycles. The first kappa shape index (κ1) is 22.6. The Labute approximate surface area is 158 Å². The van der Waals surface area contributed by atoms with E-state index in [9.17, 15) is 9.59 Å². The van der Waals surface area contributed by atoms with E-state index in [2.05, 4.69) is 10.6 Å². The molecule has 27 heavy (non-hydrogen) atoms. The van der Waals surface area contributed by atoms with Crippen LogP contribution in [0, 0.1) is 6.92 Å². The number of rotatable bonds is 10. The molecule has 0 aliphatic rings. The van der Waals surface area contributed by atoms with Gasteiger partial charge in [0.15, 0.2) is 0 Å². The van der Waals surface area contributed by atoms with Gasteiger partial charge in [0, 0.05) is 37.6 Å². The van der Waals surface area contributed by atoms with Crippen LogP contribution in [0.1, 0.15) is 5.56 Å². The van der Waals surface area contributed by atoms with Gasteiger partial charge in [-0.1, -0.05) is 6.07 Å². The second kappa shape index (κ2) is 12.1. The smallest absolute Gasteiger partial charge is 0.322 e. The monoisotopic (exact) mass is 384 g/mol. The predicted molar refractivity (Wildman–Crippen MR) is 101 cm³/mol. The summed E-state index contributed by atoms with van der Waals surface area (Å²) in [6.07, 6.45) is 0. The average Bonchev–Trinajstić information content (AvgIpc) is 2.64. The van der Waals surface area contributed by atoms with E-state index < -0.39 is 12.1 Å². The van der Waals surface area contributed by atoms with Gasteiger partial charge < -0.3 is 40.9 Å². The first-order valence-corrected chi connectivity index (χ1v) is 8.62. The lowest BCUT2D eigenvalue weighted by Gasteiger charge is -2.23. The van der Waals surface area contributed by atoms with Gasteiger partial charge in [0.1, 0.15) is 0 Å². The lowest BCUT2D eigenvalue weighted by molar-refractivity contribution is 0.167. The SMILES string of the molecule is Cc1ccc(NC(=O)N(CCO)CCO)cc1NC(=O)N(CCO)CCO. The number of aliphatic hydroxyl groups excluding tert-OH is 4. The highest BCUT2D eigenvalue weighted by atomic mass is 16.3. The maximum Gasteiger partial charge on any atom is 0.322 e. The topological polar surface area (TPSA) is 146 Å². The summed E-state index contributed by atoms with van der Waals surface area (Å²) in [6, 6.07) is 4.00. The van der Waals surface area contributed by atoms with Crippen molar-refractivity contribution in [1.29, 1.82) is 0 Å². The van der Waals surface area contributed by atoms with Crippen LogP contribution in [-0.2, 0) is 0 Å². The molecule has 0 bridgehead atoms. The minimum Gasteiger partial charge on any atom is -0.395 e. The van der Waals surface area contributed by atoms with Crippen LogP contribution < -0.4 is 10.6 Å². The Morgan fingerprint density at radius 3 is 1.70 bits per heavy atom. The molecular formula is C17H28N4O6. The molecule has 1 rings (SSSR count). The Kier molecular flexibility index (Phi) is 10.1. The summed E-state index contributed by atoms with van der Waals surface area (Å²) >= 11 is 0. The number of hydrogen-bond donors (Lipinski definition) is 6. The molecule has 0 radical (unpaired) electrons. The van der Waals surface area contributed by atoms with Crippen LogP contribution in [0.5, 0.6) is 0 Å². The number of nitrogens with one attached hydrogen (secondary N) is 2. The largest absolute Gasteiger partial charge is 0.395 e. The summed E-state index contributed by atoms with van der Waals surface area (Å²) in [5.41, 5.74) is 1.66. The molecule has 4 amide bonds. The van der Waals surface area contributed by atoms with Gasteiger partial charge in [-0.05, 0) is 24.6 Å². The molecule has 0 spiro atoms. The fourth-order valence-electron chi connectivity index (χ4n) is 2.34. The average molecular weight is 384 g/mol. The van der Waals surface area contributed by atoms with Crippen LogP contribution in [0.2, 0.25) is 0 Å². The molecule has 0 atom stereocenters. The van der Waals surface area contributed by atoms with Crippen LogP contribution in [0.25, 0.3) is 0 Å². The lowest BCUT2D eigenvalue weighted by atomic mass is 10.2. The zero-order valence-electron chi connectivity index (χ0n) is 15.4. The van der Waals surface area contributed by atoms with E-state index in [0.717, 1.165) is 5.56 Å². The van der Waals surface area contributed by atoms with Crippen LogP contribution >= 0.6 is 0 Å². The summed E-state index contributed by atoms with van der Waals surface area (Å²) in [7, 11) is 0. The second-order valence-corrected chi connectivity index (χ2v) is 5.76. The second-order valence-electron chi connectivity index (χ2n) is 5.76. The number of aliphatic hydroxyl groups is 4. The number of anilines is 2. The van der Waals surface area contributed by atoms with Crippen molar-refractivity contribution in [3.8, 4) is 0 Å². The van der Waals surface area contributed by atoms with Gasteiger partial charge in [0.25, 0.3) is 0 Å². The Bertz CT molecular complexity index is 601. The number of aryl methyl sites for hydroxylation is 1. The Hall–Kier alpha value is -2.40. The number of nitrogens with zero attached hydrogens (tertiary/aromatic N) is 2. The fraction of sp³-hybridized carbons (Fsp3) is 0.529. The first-order valence-electron chi connectivity index (χ1n) is 8.62. The molecular weight excluding hydrogens is 356 g/mol. The molecule has 0 fully saturated rings. The molecule has 0 saturated carbocycles. The van der Waals surface area contributed by atoms with Crippen molar-refractivity contribution in [2.24, 2.45) is 0 Å². The number of hydrogen-bond acceptors (Lipinski definition) is 6. The van der Waals surface area contributed by atoms with E-state index in [4.69, 9.17) is 20.4 Å². The van der Waals surface area contributed by atoms with Gasteiger partial charge in [0.05, 0.1) is 26.4 Å². The van der Waals surface area contributed by atoms with Gasteiger partial charge in [0.2, 0.25) is 0 Å². The third-order valence-corrected chi connectivity index (χ3v) is 3.78. The van der Waals surface area contributed by atoms with Crippen molar-refractivity contribution in [1.82, 2.24) is 9.80 Å². The normalized spacial score (nSPS) is 10.4. The van der Waals surface area contributed by atoms with Crippen LogP contribution in [0.3, 0.4) is 0 Å². The Morgan fingerprint density at radius 2 is 1.26 bits per heavy atom. The number of carbonyl (C=O) groups excluding carboxylic acids is 2. The molecule has 0 aromatic heterocycles. The zero-order chi connectivity index (χ0) is 20.2. The molecule has 0 aliphatic carbocycles. The van der Waals surface area contributed by atoms with Crippen molar-refractivity contribution < 1.29 is 30.0 Å². The summed E-state index contributed by atoms with van der Waals surface area (Å²) in [6.45, 7) is 1.20. The molecule has 0 saturated heterocycles. The predicted octanol–water partition coefficient (Wildman–Crippen LogP) is -0.368. The summed E-state index contributed by atoms with van der Waals surface area (Å²) in [4.78, 5) is 27.1. The van der Waals surface area contributed by atoms with Crippen molar-refractivity contribution >= 4 is 23.4 Å². The van der Waals surface area contributed by atoms with E-state index in [0.29, 0.717) is 11.4 Å². The Morgan fingerprint density at radius 1 is 0.815 bits per heavy atom. The summed E-state index contributed by atoms with van der Waals surface area (Å²) in [5, 5.41) is 41.4. The van der Waals surface area contributed by atoms with Gasteiger partial charge in [-0.15, -0.1) is 0 Å². The number of carbonyl (C=O) groups is 2. The molecule has 10 nitrogen and oxygen atoms in total. The zero-order valence-corrected chi connectivity index (χ0v) is 15.4. The maximum absolute atomic E-state index is 12.3. The highest BCUT2D eigenvalue weighted by molar-refractivity contribution is 5.93. The lowest BCUT2D eigenvalue weighted by Crippen LogP contribution is -2.39. The molecule has 0 heterocycles. The molecule has 1 aromatic carbocycles. The number of amides is 4. The van der Waals surface area contributed by atoms with E-state index in [-0.39, 0.29) is 52.6 Å². The molecule has 152 valence electrons. The molecule has 6 N–H and O–H groups in total. The standard InChI is InChI=1S/C17H28N4O6/c1-13-2-3-14(18-16(26)20(4-8-22)5-9-23)12-15(13)19-17(27)21(6-10-24)7-11-25/h2-3,12,22-25H,4-11H2,1H3,(H,18,26)(H,19,27). The molecule has 10 heteroatoms. The van der Waals surface area contributed by atoms with Crippen LogP contribution in [0.15, 0.2) is 18.2 Å². The van der Waals surface area contributed by atoms with E-state index in [1.54, 1.807) is 25.1 Å². The number of urea groups is 2. The fourth-order valence-corrected chi connectivity index (χ4v) is 2.34. The summed E-state index contributed by atoms with van der Waals surface area (Å²) < 4.78 is 0. The summed E-state index contributed by atoms with van der Waals surface area (Å²) in [5.74, 6) is 0. The van der Waals surface area contributed by atoms with Gasteiger partial charge in [-0.2, -0.15) is 0 Å². The van der Waals surface area contributed by atoms with E-state index >= 15 is 0 Å². The van der Waals surface area contributed by atoms with Crippen molar-refractivity contribution in [2.75, 3.05) is 63.2 Å². The van der Waals surface area contributed by atoms with Crippen molar-refractivity contribution in [3.63, 3.8) is 0 Å². The van der Waals surface area contributed by atoms with Gasteiger partial charge in [-0.3, -0.25) is 0 Å². The van der Waals surface area contributed by atoms with Gasteiger partial charge in [-0.25, -0.2) is 9.59 Å². The highest BCUT2D eigenvalue weighted by Crippen LogP contribution is 2.21. The van der Waals surface area contributed by atoms with Crippen LogP contribution in [0.4, 0.5) is 21.0 Å². The number of benzene rings is 1. The highest BCUT2D eigenvalue weighted by Gasteiger charge is 2.16. The minimum atomic E-state index is -0.485. The quantitative estimate of drug-likeness (QED) is 0.325. The van der Waals surface area contributed by atoms with Crippen molar-refractivity contribution in [3.05, 3.63) is 23.8 Å². The molecule has 0 unspecified atom stereocenters. The van der Waals surface area contributed by atoms with Gasteiger partial charge >= 0.3 is 12.1 Å². The third-order valence-electron chi connectivity index (χ3n) is 3.78. The molecule has 1 aromatic rings. The van der Waals surface area contributed by atoms with E-state index in [1.807, 2.05) is 0 Å². The Balaban J connectivity index is 2.86. The minimum absolute atomic E-state index is 0.0825.